The highest BCUT2D eigenvalue weighted by molar-refractivity contribution is 7.15. The first kappa shape index (κ1) is 22.1. The van der Waals surface area contributed by atoms with Crippen LogP contribution in [0.5, 0.6) is 5.75 Å². The summed E-state index contributed by atoms with van der Waals surface area (Å²) in [6.45, 7) is 3.14. The number of nitrogens with zero attached hydrogens (tertiary/aromatic N) is 2. The molecule has 5 nitrogen and oxygen atoms in total. The molecule has 2 aromatic carbocycles. The van der Waals surface area contributed by atoms with Gasteiger partial charge in [-0.1, -0.05) is 12.1 Å². The van der Waals surface area contributed by atoms with Crippen molar-refractivity contribution in [3.63, 3.8) is 0 Å². The third-order valence-corrected chi connectivity index (χ3v) is 6.49. The summed E-state index contributed by atoms with van der Waals surface area (Å²) in [6.07, 6.45) is -3.54. The van der Waals surface area contributed by atoms with Gasteiger partial charge < -0.3 is 14.4 Å². The van der Waals surface area contributed by atoms with Crippen molar-refractivity contribution in [1.82, 2.24) is 4.98 Å². The molecule has 0 amide bonds. The molecule has 4 rings (SSSR count). The molecule has 3 aromatic rings. The van der Waals surface area contributed by atoms with E-state index >= 15 is 0 Å². The van der Waals surface area contributed by atoms with Crippen molar-refractivity contribution in [3.05, 3.63) is 64.2 Å². The molecule has 0 atom stereocenters. The lowest BCUT2D eigenvalue weighted by atomic mass is 10.1. The van der Waals surface area contributed by atoms with Gasteiger partial charge in [-0.2, -0.15) is 13.2 Å². The Morgan fingerprint density at radius 1 is 1.19 bits per heavy atom. The first-order chi connectivity index (χ1) is 15.2. The number of hydrogen-bond donors (Lipinski definition) is 0. The molecule has 0 saturated carbocycles. The Kier molecular flexibility index (Phi) is 6.10. The van der Waals surface area contributed by atoms with Gasteiger partial charge >= 0.3 is 12.1 Å². The minimum atomic E-state index is -4.36. The molecule has 9 heteroatoms. The van der Waals surface area contributed by atoms with Crippen LogP contribution in [-0.4, -0.2) is 31.2 Å². The van der Waals surface area contributed by atoms with E-state index in [0.717, 1.165) is 46.9 Å². The number of ether oxygens (including phenoxy) is 2. The summed E-state index contributed by atoms with van der Waals surface area (Å²) in [5.74, 6) is 0.440. The molecule has 0 N–H and O–H groups in total. The lowest BCUT2D eigenvalue weighted by Gasteiger charge is -2.17. The Morgan fingerprint density at radius 2 is 1.94 bits per heavy atom. The number of esters is 1. The third kappa shape index (κ3) is 4.72. The second-order valence-electron chi connectivity index (χ2n) is 7.43. The summed E-state index contributed by atoms with van der Waals surface area (Å²) in [4.78, 5) is 18.9. The van der Waals surface area contributed by atoms with Crippen LogP contribution in [0.1, 0.15) is 21.7 Å². The minimum Gasteiger partial charge on any atom is -0.488 e. The van der Waals surface area contributed by atoms with Gasteiger partial charge in [0.05, 0.1) is 23.2 Å². The first-order valence-electron chi connectivity index (χ1n) is 9.96. The van der Waals surface area contributed by atoms with Gasteiger partial charge in [0.2, 0.25) is 0 Å². The maximum atomic E-state index is 12.8. The number of benzene rings is 2. The van der Waals surface area contributed by atoms with Gasteiger partial charge in [0.25, 0.3) is 0 Å². The molecule has 32 heavy (non-hydrogen) atoms. The summed E-state index contributed by atoms with van der Waals surface area (Å²) in [6, 6.07) is 10.8. The van der Waals surface area contributed by atoms with Crippen LogP contribution in [0.4, 0.5) is 18.9 Å². The van der Waals surface area contributed by atoms with E-state index in [1.54, 1.807) is 0 Å². The zero-order valence-corrected chi connectivity index (χ0v) is 18.3. The van der Waals surface area contributed by atoms with Crippen molar-refractivity contribution < 1.29 is 27.4 Å². The van der Waals surface area contributed by atoms with E-state index in [1.165, 1.54) is 30.6 Å². The number of thiazole rings is 1. The number of anilines is 1. The number of carbonyl (C=O) groups excluding carboxylic acids is 1. The summed E-state index contributed by atoms with van der Waals surface area (Å²) in [5, 5.41) is 0.655. The average Bonchev–Trinajstić information content (AvgIpc) is 3.34. The highest BCUT2D eigenvalue weighted by atomic mass is 32.1. The SMILES string of the molecule is COC(=O)CN1CCc2cc(OCc3sc(-c4ccc(C(F)(F)F)cc4)nc3C)ccc21. The summed E-state index contributed by atoms with van der Waals surface area (Å²) >= 11 is 1.40. The van der Waals surface area contributed by atoms with Crippen LogP contribution >= 0.6 is 11.3 Å². The van der Waals surface area contributed by atoms with Crippen molar-refractivity contribution in [2.75, 3.05) is 25.1 Å². The van der Waals surface area contributed by atoms with Gasteiger partial charge in [-0.3, -0.25) is 4.79 Å². The number of alkyl halides is 3. The van der Waals surface area contributed by atoms with Crippen molar-refractivity contribution >= 4 is 23.0 Å². The van der Waals surface area contributed by atoms with Gasteiger partial charge in [0.1, 0.15) is 23.9 Å². The summed E-state index contributed by atoms with van der Waals surface area (Å²) in [7, 11) is 1.38. The van der Waals surface area contributed by atoms with Crippen molar-refractivity contribution in [1.29, 1.82) is 0 Å². The molecule has 1 aliphatic heterocycles. The fraction of sp³-hybridized carbons (Fsp3) is 0.304. The predicted molar refractivity (Wildman–Crippen MR) is 116 cm³/mol. The van der Waals surface area contributed by atoms with E-state index in [1.807, 2.05) is 30.0 Å². The third-order valence-electron chi connectivity index (χ3n) is 5.31. The second kappa shape index (κ2) is 8.82. The Balaban J connectivity index is 1.43. The van der Waals surface area contributed by atoms with Gasteiger partial charge in [-0.15, -0.1) is 11.3 Å². The first-order valence-corrected chi connectivity index (χ1v) is 10.8. The molecule has 0 fully saturated rings. The van der Waals surface area contributed by atoms with Crippen LogP contribution in [-0.2, 0) is 28.7 Å². The van der Waals surface area contributed by atoms with Gasteiger partial charge in [-0.05, 0) is 49.2 Å². The maximum Gasteiger partial charge on any atom is 0.416 e. The fourth-order valence-corrected chi connectivity index (χ4v) is 4.54. The van der Waals surface area contributed by atoms with Crippen LogP contribution < -0.4 is 9.64 Å². The second-order valence-corrected chi connectivity index (χ2v) is 8.51. The Labute approximate surface area is 187 Å². The van der Waals surface area contributed by atoms with Crippen molar-refractivity contribution in [2.24, 2.45) is 0 Å². The van der Waals surface area contributed by atoms with Crippen LogP contribution in [0.2, 0.25) is 0 Å². The molecule has 0 radical (unpaired) electrons. The van der Waals surface area contributed by atoms with Crippen LogP contribution in [0.3, 0.4) is 0 Å². The zero-order chi connectivity index (χ0) is 22.9. The number of halogens is 3. The minimum absolute atomic E-state index is 0.219. The molecule has 0 bridgehead atoms. The molecule has 0 saturated heterocycles. The molecule has 1 aliphatic rings. The lowest BCUT2D eigenvalue weighted by molar-refractivity contribution is -0.139. The molecule has 1 aromatic heterocycles. The zero-order valence-electron chi connectivity index (χ0n) is 17.5. The molecule has 168 valence electrons. The Morgan fingerprint density at radius 3 is 2.62 bits per heavy atom. The standard InChI is InChI=1S/C23H21F3N2O3S/c1-14-20(32-22(27-14)15-3-5-17(6-4-15)23(24,25)26)13-31-18-7-8-19-16(11-18)9-10-28(19)12-21(29)30-2/h3-8,11H,9-10,12-13H2,1-2H3. The van der Waals surface area contributed by atoms with E-state index < -0.39 is 11.7 Å². The molecule has 0 unspecified atom stereocenters. The monoisotopic (exact) mass is 462 g/mol. The quantitative estimate of drug-likeness (QED) is 0.468. The normalized spacial score (nSPS) is 13.2. The molecule has 0 aliphatic carbocycles. The Hall–Kier alpha value is -3.07. The maximum absolute atomic E-state index is 12.8. The van der Waals surface area contributed by atoms with Crippen molar-refractivity contribution in [3.8, 4) is 16.3 Å². The summed E-state index contributed by atoms with van der Waals surface area (Å²) in [5.41, 5.74) is 2.86. The van der Waals surface area contributed by atoms with Crippen LogP contribution in [0, 0.1) is 6.92 Å². The van der Waals surface area contributed by atoms with E-state index in [-0.39, 0.29) is 12.5 Å². The van der Waals surface area contributed by atoms with Crippen molar-refractivity contribution in [2.45, 2.75) is 26.1 Å². The number of methoxy groups -OCH3 is 1. The molecule has 2 heterocycles. The number of aryl methyl sites for hydroxylation is 1. The number of fused-ring (bicyclic) bond motifs is 1. The number of hydrogen-bond acceptors (Lipinski definition) is 6. The lowest BCUT2D eigenvalue weighted by Crippen LogP contribution is -2.28. The fourth-order valence-electron chi connectivity index (χ4n) is 3.56. The molecule has 0 spiro atoms. The molecular formula is C23H21F3N2O3S. The largest absolute Gasteiger partial charge is 0.488 e. The van der Waals surface area contributed by atoms with E-state index in [0.29, 0.717) is 22.9 Å². The topological polar surface area (TPSA) is 51.7 Å². The Bertz CT molecular complexity index is 1130. The van der Waals surface area contributed by atoms with Gasteiger partial charge in [-0.25, -0.2) is 4.98 Å². The van der Waals surface area contributed by atoms with Crippen LogP contribution in [0.15, 0.2) is 42.5 Å². The number of aromatic nitrogens is 1. The van der Waals surface area contributed by atoms with Crippen LogP contribution in [0.25, 0.3) is 10.6 Å². The van der Waals surface area contributed by atoms with E-state index in [9.17, 15) is 18.0 Å². The van der Waals surface area contributed by atoms with E-state index in [4.69, 9.17) is 9.47 Å². The molecular weight excluding hydrogens is 441 g/mol. The van der Waals surface area contributed by atoms with E-state index in [2.05, 4.69) is 4.98 Å². The van der Waals surface area contributed by atoms with Gasteiger partial charge in [0.15, 0.2) is 0 Å². The number of rotatable bonds is 6. The average molecular weight is 462 g/mol. The predicted octanol–water partition coefficient (Wildman–Crippen LogP) is 5.25. The summed E-state index contributed by atoms with van der Waals surface area (Å²) < 4.78 is 49.0. The number of carbonyl (C=O) groups is 1. The smallest absolute Gasteiger partial charge is 0.416 e. The highest BCUT2D eigenvalue weighted by Gasteiger charge is 2.30. The van der Waals surface area contributed by atoms with Gasteiger partial charge in [0, 0.05) is 17.8 Å². The highest BCUT2D eigenvalue weighted by Crippen LogP contribution is 2.34.